The monoisotopic (exact) mass is 337 g/mol. The van der Waals surface area contributed by atoms with Crippen molar-refractivity contribution in [3.8, 4) is 5.75 Å². The summed E-state index contributed by atoms with van der Waals surface area (Å²) < 4.78 is 31.7. The Kier molecular flexibility index (Phi) is 5.79. The molecule has 6 nitrogen and oxygen atoms in total. The zero-order chi connectivity index (χ0) is 16.9. The number of hydrogen-bond donors (Lipinski definition) is 1. The highest BCUT2D eigenvalue weighted by Gasteiger charge is 2.17. The molecule has 0 saturated heterocycles. The van der Waals surface area contributed by atoms with Gasteiger partial charge < -0.3 is 10.1 Å². The molecule has 23 heavy (non-hydrogen) atoms. The number of rotatable bonds is 8. The van der Waals surface area contributed by atoms with Crippen molar-refractivity contribution in [2.24, 2.45) is 0 Å². The largest absolute Gasteiger partial charge is 0.497 e. The molecule has 126 valence electrons. The molecular weight excluding hydrogens is 314 g/mol. The van der Waals surface area contributed by atoms with Crippen molar-refractivity contribution < 1.29 is 13.2 Å². The van der Waals surface area contributed by atoms with E-state index in [1.54, 1.807) is 30.5 Å². The fourth-order valence-electron chi connectivity index (χ4n) is 2.25. The minimum Gasteiger partial charge on any atom is -0.497 e. The Bertz CT molecular complexity index is 714. The van der Waals surface area contributed by atoms with Crippen LogP contribution in [0.3, 0.4) is 0 Å². The molecule has 0 amide bonds. The molecule has 1 N–H and O–H groups in total. The summed E-state index contributed by atoms with van der Waals surface area (Å²) in [4.78, 5) is 0.284. The zero-order valence-electron chi connectivity index (χ0n) is 13.6. The fourth-order valence-corrected chi connectivity index (χ4v) is 3.46. The normalized spacial score (nSPS) is 14.4. The van der Waals surface area contributed by atoms with E-state index >= 15 is 0 Å². The Hall–Kier alpha value is -1.86. The van der Waals surface area contributed by atoms with Crippen LogP contribution in [-0.2, 0) is 9.84 Å². The second kappa shape index (κ2) is 7.61. The molecule has 2 rings (SSSR count). The van der Waals surface area contributed by atoms with Gasteiger partial charge in [0.05, 0.1) is 23.8 Å². The van der Waals surface area contributed by atoms with Crippen molar-refractivity contribution in [1.29, 1.82) is 0 Å². The van der Waals surface area contributed by atoms with E-state index in [9.17, 15) is 8.42 Å². The summed E-state index contributed by atoms with van der Waals surface area (Å²) in [6, 6.07) is 8.67. The van der Waals surface area contributed by atoms with Crippen LogP contribution in [0.5, 0.6) is 5.75 Å². The number of aromatic nitrogens is 2. The van der Waals surface area contributed by atoms with Gasteiger partial charge in [0.25, 0.3) is 0 Å². The number of nitrogens with one attached hydrogen (secondary N) is 1. The maximum Gasteiger partial charge on any atom is 0.179 e. The quantitative estimate of drug-likeness (QED) is 0.796. The molecule has 0 spiro atoms. The highest BCUT2D eigenvalue weighted by molar-refractivity contribution is 7.91. The van der Waals surface area contributed by atoms with Gasteiger partial charge in [-0.1, -0.05) is 6.07 Å². The summed E-state index contributed by atoms with van der Waals surface area (Å²) in [5.41, 5.74) is 0. The third-order valence-corrected chi connectivity index (χ3v) is 5.62. The average Bonchev–Trinajstić information content (AvgIpc) is 3.08. The van der Waals surface area contributed by atoms with Crippen LogP contribution in [0.1, 0.15) is 19.9 Å². The SMILES string of the molecule is COc1cccc(S(=O)(=O)CCN[C@@H](C)[C@@H](C)n2cccn2)c1. The van der Waals surface area contributed by atoms with E-state index in [1.807, 2.05) is 30.8 Å². The van der Waals surface area contributed by atoms with Crippen LogP contribution in [0.2, 0.25) is 0 Å². The summed E-state index contributed by atoms with van der Waals surface area (Å²) in [7, 11) is -1.81. The van der Waals surface area contributed by atoms with E-state index in [4.69, 9.17) is 4.74 Å². The molecule has 0 aliphatic carbocycles. The number of nitrogens with zero attached hydrogens (tertiary/aromatic N) is 2. The Morgan fingerprint density at radius 2 is 2.09 bits per heavy atom. The van der Waals surface area contributed by atoms with Gasteiger partial charge in [-0.3, -0.25) is 4.68 Å². The topological polar surface area (TPSA) is 73.2 Å². The Balaban J connectivity index is 1.91. The molecule has 2 atom stereocenters. The van der Waals surface area contributed by atoms with Gasteiger partial charge in [0.2, 0.25) is 0 Å². The van der Waals surface area contributed by atoms with E-state index in [2.05, 4.69) is 10.4 Å². The lowest BCUT2D eigenvalue weighted by Crippen LogP contribution is -2.36. The lowest BCUT2D eigenvalue weighted by molar-refractivity contribution is 0.372. The van der Waals surface area contributed by atoms with Gasteiger partial charge in [-0.2, -0.15) is 5.10 Å². The predicted octanol–water partition coefficient (Wildman–Crippen LogP) is 1.90. The molecule has 1 aromatic carbocycles. The van der Waals surface area contributed by atoms with Crippen LogP contribution in [0, 0.1) is 0 Å². The highest BCUT2D eigenvalue weighted by atomic mass is 32.2. The predicted molar refractivity (Wildman–Crippen MR) is 89.4 cm³/mol. The standard InChI is InChI=1S/C16H23N3O3S/c1-13(14(2)19-10-5-8-18-19)17-9-11-23(20,21)16-7-4-6-15(12-16)22-3/h4-8,10,12-14,17H,9,11H2,1-3H3/t13-,14+/m0/s1. The van der Waals surface area contributed by atoms with Crippen molar-refractivity contribution in [2.75, 3.05) is 19.4 Å². The van der Waals surface area contributed by atoms with Crippen LogP contribution in [-0.4, -0.2) is 43.6 Å². The Morgan fingerprint density at radius 1 is 1.30 bits per heavy atom. The summed E-state index contributed by atoms with van der Waals surface area (Å²) in [6.07, 6.45) is 3.63. The molecule has 0 aliphatic heterocycles. The smallest absolute Gasteiger partial charge is 0.179 e. The van der Waals surface area contributed by atoms with Crippen molar-refractivity contribution in [2.45, 2.75) is 30.8 Å². The van der Waals surface area contributed by atoms with Crippen LogP contribution >= 0.6 is 0 Å². The number of sulfone groups is 1. The number of methoxy groups -OCH3 is 1. The van der Waals surface area contributed by atoms with Gasteiger partial charge in [0.15, 0.2) is 9.84 Å². The second-order valence-corrected chi connectivity index (χ2v) is 7.58. The third-order valence-electron chi connectivity index (χ3n) is 3.90. The van der Waals surface area contributed by atoms with Crippen molar-refractivity contribution >= 4 is 9.84 Å². The van der Waals surface area contributed by atoms with E-state index < -0.39 is 9.84 Å². The molecular formula is C16H23N3O3S. The highest BCUT2D eigenvalue weighted by Crippen LogP contribution is 2.18. The van der Waals surface area contributed by atoms with Crippen molar-refractivity contribution in [1.82, 2.24) is 15.1 Å². The first-order valence-corrected chi connectivity index (χ1v) is 9.18. The van der Waals surface area contributed by atoms with Crippen LogP contribution in [0.4, 0.5) is 0 Å². The van der Waals surface area contributed by atoms with Crippen LogP contribution in [0.25, 0.3) is 0 Å². The molecule has 0 bridgehead atoms. The molecule has 0 unspecified atom stereocenters. The number of hydrogen-bond acceptors (Lipinski definition) is 5. The van der Waals surface area contributed by atoms with E-state index in [1.165, 1.54) is 7.11 Å². The van der Waals surface area contributed by atoms with Gasteiger partial charge in [0, 0.05) is 25.0 Å². The first-order valence-electron chi connectivity index (χ1n) is 7.53. The molecule has 0 saturated carbocycles. The van der Waals surface area contributed by atoms with Crippen molar-refractivity contribution in [3.63, 3.8) is 0 Å². The number of ether oxygens (including phenoxy) is 1. The lowest BCUT2D eigenvalue weighted by atomic mass is 10.2. The first kappa shape index (κ1) is 17.5. The maximum atomic E-state index is 12.4. The van der Waals surface area contributed by atoms with E-state index in [0.717, 1.165) is 0 Å². The average molecular weight is 337 g/mol. The minimum absolute atomic E-state index is 0.0380. The van der Waals surface area contributed by atoms with Gasteiger partial charge in [-0.25, -0.2) is 8.42 Å². The van der Waals surface area contributed by atoms with Crippen molar-refractivity contribution in [3.05, 3.63) is 42.7 Å². The molecule has 0 aliphatic rings. The zero-order valence-corrected chi connectivity index (χ0v) is 14.5. The van der Waals surface area contributed by atoms with Gasteiger partial charge in [-0.15, -0.1) is 0 Å². The Labute approximate surface area is 137 Å². The van der Waals surface area contributed by atoms with Gasteiger partial charge >= 0.3 is 0 Å². The molecule has 0 fully saturated rings. The van der Waals surface area contributed by atoms with Gasteiger partial charge in [0.1, 0.15) is 5.75 Å². The lowest BCUT2D eigenvalue weighted by Gasteiger charge is -2.21. The molecule has 7 heteroatoms. The van der Waals surface area contributed by atoms with Crippen LogP contribution < -0.4 is 10.1 Å². The van der Waals surface area contributed by atoms with E-state index in [-0.39, 0.29) is 22.7 Å². The third kappa shape index (κ3) is 4.56. The molecule has 1 aromatic heterocycles. The summed E-state index contributed by atoms with van der Waals surface area (Å²) in [5.74, 6) is 0.579. The summed E-state index contributed by atoms with van der Waals surface area (Å²) in [6.45, 7) is 4.44. The molecule has 2 aromatic rings. The van der Waals surface area contributed by atoms with Gasteiger partial charge in [-0.05, 0) is 38.1 Å². The summed E-state index contributed by atoms with van der Waals surface area (Å²) in [5, 5.41) is 7.46. The number of benzene rings is 1. The molecule has 1 heterocycles. The second-order valence-electron chi connectivity index (χ2n) is 5.47. The van der Waals surface area contributed by atoms with Crippen LogP contribution in [0.15, 0.2) is 47.6 Å². The van der Waals surface area contributed by atoms with E-state index in [0.29, 0.717) is 12.3 Å². The summed E-state index contributed by atoms with van der Waals surface area (Å²) >= 11 is 0. The first-order chi connectivity index (χ1) is 10.9. The fraction of sp³-hybridized carbons (Fsp3) is 0.438. The maximum absolute atomic E-state index is 12.4. The Morgan fingerprint density at radius 3 is 2.74 bits per heavy atom. The minimum atomic E-state index is -3.33. The molecule has 0 radical (unpaired) electrons.